The van der Waals surface area contributed by atoms with Crippen LogP contribution in [0.15, 0.2) is 12.1 Å². The van der Waals surface area contributed by atoms with Crippen LogP contribution in [-0.2, 0) is 0 Å². The number of likely N-dealkylation sites (N-methyl/N-ethyl adjacent to an activating group) is 1. The number of rotatable bonds is 4. The lowest BCUT2D eigenvalue weighted by molar-refractivity contribution is 0.172. The van der Waals surface area contributed by atoms with Crippen LogP contribution in [-0.4, -0.2) is 41.3 Å². The van der Waals surface area contributed by atoms with Gasteiger partial charge in [-0.05, 0) is 39.1 Å². The van der Waals surface area contributed by atoms with Gasteiger partial charge in [-0.15, -0.1) is 10.2 Å². The fourth-order valence-electron chi connectivity index (χ4n) is 2.48. The summed E-state index contributed by atoms with van der Waals surface area (Å²) in [6, 6.07) is 3.63. The first-order chi connectivity index (χ1) is 8.12. The Morgan fingerprint density at radius 2 is 2.00 bits per heavy atom. The van der Waals surface area contributed by atoms with Gasteiger partial charge in [-0.25, -0.2) is 0 Å². The van der Waals surface area contributed by atoms with Gasteiger partial charge in [-0.3, -0.25) is 0 Å². The molecule has 1 aromatic rings. The molecule has 0 spiro atoms. The molecule has 0 bridgehead atoms. The Hall–Kier alpha value is -0.870. The molecule has 4 nitrogen and oxygen atoms in total. The molecule has 1 heterocycles. The van der Waals surface area contributed by atoms with Gasteiger partial charge < -0.3 is 10.2 Å². The Labute approximate surface area is 107 Å². The van der Waals surface area contributed by atoms with Crippen molar-refractivity contribution in [2.45, 2.75) is 31.2 Å². The zero-order valence-electron chi connectivity index (χ0n) is 10.4. The first kappa shape index (κ1) is 12.6. The van der Waals surface area contributed by atoms with Crippen molar-refractivity contribution in [3.63, 3.8) is 0 Å². The second-order valence-electron chi connectivity index (χ2n) is 4.92. The molecule has 2 rings (SSSR count). The third-order valence-corrected chi connectivity index (χ3v) is 3.92. The third-order valence-electron chi connectivity index (χ3n) is 3.71. The summed E-state index contributed by atoms with van der Waals surface area (Å²) in [5.74, 6) is 0.794. The summed E-state index contributed by atoms with van der Waals surface area (Å²) in [7, 11) is 4.31. The van der Waals surface area contributed by atoms with E-state index in [9.17, 15) is 0 Å². The first-order valence-corrected chi connectivity index (χ1v) is 6.41. The minimum Gasteiger partial charge on any atom is -0.367 e. The van der Waals surface area contributed by atoms with Gasteiger partial charge in [0, 0.05) is 12.1 Å². The van der Waals surface area contributed by atoms with E-state index in [1.807, 2.05) is 6.07 Å². The average Bonchev–Trinajstić information content (AvgIpc) is 2.78. The molecular formula is C12H19ClN4. The van der Waals surface area contributed by atoms with E-state index >= 15 is 0 Å². The fraction of sp³-hybridized carbons (Fsp3) is 0.667. The van der Waals surface area contributed by atoms with Crippen LogP contribution in [0.4, 0.5) is 5.82 Å². The largest absolute Gasteiger partial charge is 0.367 e. The van der Waals surface area contributed by atoms with E-state index in [-0.39, 0.29) is 5.54 Å². The minimum absolute atomic E-state index is 0.265. The lowest BCUT2D eigenvalue weighted by atomic mass is 9.96. The van der Waals surface area contributed by atoms with Gasteiger partial charge in [0.05, 0.1) is 0 Å². The van der Waals surface area contributed by atoms with E-state index in [1.165, 1.54) is 25.7 Å². The van der Waals surface area contributed by atoms with Crippen LogP contribution in [0.5, 0.6) is 0 Å². The molecule has 1 aromatic heterocycles. The van der Waals surface area contributed by atoms with E-state index in [0.717, 1.165) is 12.4 Å². The van der Waals surface area contributed by atoms with Gasteiger partial charge in [0.25, 0.3) is 0 Å². The Kier molecular flexibility index (Phi) is 3.84. The minimum atomic E-state index is 0.265. The second-order valence-corrected chi connectivity index (χ2v) is 5.31. The number of nitrogens with zero attached hydrogens (tertiary/aromatic N) is 3. The van der Waals surface area contributed by atoms with Crippen LogP contribution in [0.3, 0.4) is 0 Å². The van der Waals surface area contributed by atoms with E-state index in [4.69, 9.17) is 11.6 Å². The van der Waals surface area contributed by atoms with Crippen molar-refractivity contribution in [2.75, 3.05) is 26.0 Å². The van der Waals surface area contributed by atoms with Crippen molar-refractivity contribution in [1.82, 2.24) is 15.1 Å². The predicted octanol–water partition coefficient (Wildman–Crippen LogP) is 2.42. The molecule has 0 atom stereocenters. The van der Waals surface area contributed by atoms with Crippen molar-refractivity contribution in [2.24, 2.45) is 0 Å². The Morgan fingerprint density at radius 1 is 1.29 bits per heavy atom. The number of anilines is 1. The average molecular weight is 255 g/mol. The molecule has 1 aliphatic rings. The molecule has 1 saturated carbocycles. The van der Waals surface area contributed by atoms with Gasteiger partial charge >= 0.3 is 0 Å². The van der Waals surface area contributed by atoms with Crippen molar-refractivity contribution in [3.05, 3.63) is 17.3 Å². The second kappa shape index (κ2) is 5.19. The SMILES string of the molecule is CN(C)C1(CNc2ccc(Cl)nn2)CCCC1. The lowest BCUT2D eigenvalue weighted by Gasteiger charge is -2.36. The van der Waals surface area contributed by atoms with E-state index in [1.54, 1.807) is 6.07 Å². The summed E-state index contributed by atoms with van der Waals surface area (Å²) in [6.45, 7) is 0.913. The summed E-state index contributed by atoms with van der Waals surface area (Å²) < 4.78 is 0. The highest BCUT2D eigenvalue weighted by atomic mass is 35.5. The smallest absolute Gasteiger partial charge is 0.151 e. The molecule has 0 amide bonds. The fourth-order valence-corrected chi connectivity index (χ4v) is 2.58. The Balaban J connectivity index is 1.98. The molecular weight excluding hydrogens is 236 g/mol. The van der Waals surface area contributed by atoms with Crippen LogP contribution in [0.1, 0.15) is 25.7 Å². The maximum atomic E-state index is 5.71. The van der Waals surface area contributed by atoms with Gasteiger partial charge in [-0.2, -0.15) is 0 Å². The maximum Gasteiger partial charge on any atom is 0.151 e. The highest BCUT2D eigenvalue weighted by Crippen LogP contribution is 2.33. The Morgan fingerprint density at radius 3 is 2.53 bits per heavy atom. The normalized spacial score (nSPS) is 18.6. The van der Waals surface area contributed by atoms with Gasteiger partial charge in [-0.1, -0.05) is 24.4 Å². The van der Waals surface area contributed by atoms with Crippen LogP contribution in [0.2, 0.25) is 5.15 Å². The summed E-state index contributed by atoms with van der Waals surface area (Å²) >= 11 is 5.71. The van der Waals surface area contributed by atoms with Crippen molar-refractivity contribution in [1.29, 1.82) is 0 Å². The molecule has 0 aliphatic heterocycles. The molecule has 0 saturated heterocycles. The molecule has 5 heteroatoms. The molecule has 0 aromatic carbocycles. The summed E-state index contributed by atoms with van der Waals surface area (Å²) in [6.07, 6.45) is 5.11. The number of nitrogens with one attached hydrogen (secondary N) is 1. The van der Waals surface area contributed by atoms with E-state index in [2.05, 4.69) is 34.5 Å². The highest BCUT2D eigenvalue weighted by Gasteiger charge is 2.35. The summed E-state index contributed by atoms with van der Waals surface area (Å²) in [5, 5.41) is 11.6. The van der Waals surface area contributed by atoms with Crippen molar-refractivity contribution in [3.8, 4) is 0 Å². The van der Waals surface area contributed by atoms with Gasteiger partial charge in [0.2, 0.25) is 0 Å². The first-order valence-electron chi connectivity index (χ1n) is 6.03. The monoisotopic (exact) mass is 254 g/mol. The molecule has 1 aliphatic carbocycles. The van der Waals surface area contributed by atoms with Crippen molar-refractivity contribution < 1.29 is 0 Å². The zero-order chi connectivity index (χ0) is 12.3. The van der Waals surface area contributed by atoms with Crippen LogP contribution < -0.4 is 5.32 Å². The number of aromatic nitrogens is 2. The lowest BCUT2D eigenvalue weighted by Crippen LogP contribution is -2.47. The molecule has 17 heavy (non-hydrogen) atoms. The molecule has 0 unspecified atom stereocenters. The number of halogens is 1. The number of hydrogen-bond acceptors (Lipinski definition) is 4. The van der Waals surface area contributed by atoms with Gasteiger partial charge in [0.15, 0.2) is 5.15 Å². The highest BCUT2D eigenvalue weighted by molar-refractivity contribution is 6.29. The summed E-state index contributed by atoms with van der Waals surface area (Å²) in [5.41, 5.74) is 0.265. The summed E-state index contributed by atoms with van der Waals surface area (Å²) in [4.78, 5) is 2.33. The zero-order valence-corrected chi connectivity index (χ0v) is 11.2. The molecule has 1 fully saturated rings. The topological polar surface area (TPSA) is 41.0 Å². The van der Waals surface area contributed by atoms with E-state index < -0.39 is 0 Å². The Bertz CT molecular complexity index is 357. The van der Waals surface area contributed by atoms with Crippen LogP contribution in [0.25, 0.3) is 0 Å². The molecule has 1 N–H and O–H groups in total. The van der Waals surface area contributed by atoms with Gasteiger partial charge in [0.1, 0.15) is 5.82 Å². The van der Waals surface area contributed by atoms with E-state index in [0.29, 0.717) is 5.15 Å². The van der Waals surface area contributed by atoms with Crippen molar-refractivity contribution >= 4 is 17.4 Å². The standard InChI is InChI=1S/C12H19ClN4/c1-17(2)12(7-3-4-8-12)9-14-11-6-5-10(13)15-16-11/h5-6H,3-4,7-9H2,1-2H3,(H,14,16). The van der Waals surface area contributed by atoms with Crippen LogP contribution >= 0.6 is 11.6 Å². The maximum absolute atomic E-state index is 5.71. The number of hydrogen-bond donors (Lipinski definition) is 1. The third kappa shape index (κ3) is 2.87. The predicted molar refractivity (Wildman–Crippen MR) is 70.4 cm³/mol. The molecule has 94 valence electrons. The molecule has 0 radical (unpaired) electrons. The quantitative estimate of drug-likeness (QED) is 0.896. The van der Waals surface area contributed by atoms with Crippen LogP contribution in [0, 0.1) is 0 Å².